The zero-order valence-corrected chi connectivity index (χ0v) is 17.0. The number of rotatable bonds is 6. The summed E-state index contributed by atoms with van der Waals surface area (Å²) in [5.74, 6) is 0.159. The maximum absolute atomic E-state index is 12.0. The molecule has 1 aromatic rings. The summed E-state index contributed by atoms with van der Waals surface area (Å²) in [6, 6.07) is 3.87. The molecule has 1 amide bonds. The van der Waals surface area contributed by atoms with E-state index in [4.69, 9.17) is 17.0 Å². The molecule has 1 fully saturated rings. The number of amides is 1. The van der Waals surface area contributed by atoms with Crippen LogP contribution in [0.1, 0.15) is 31.6 Å². The third-order valence-electron chi connectivity index (χ3n) is 4.05. The van der Waals surface area contributed by atoms with Crippen molar-refractivity contribution in [1.82, 2.24) is 10.2 Å². The first kappa shape index (κ1) is 20.2. The monoisotopic (exact) mass is 400 g/mol. The van der Waals surface area contributed by atoms with Crippen molar-refractivity contribution in [1.29, 1.82) is 0 Å². The molecule has 0 aromatic carbocycles. The largest absolute Gasteiger partial charge is 0.452 e. The third kappa shape index (κ3) is 6.95. The first-order valence-electron chi connectivity index (χ1n) is 8.37. The van der Waals surface area contributed by atoms with Gasteiger partial charge in [0.2, 0.25) is 0 Å². The van der Waals surface area contributed by atoms with E-state index in [0.717, 1.165) is 41.0 Å². The SMILES string of the molecule is CC1CCN(C(=S)SCC(=O)OC(C)C(=O)NCc2cccs2)CC1. The molecular weight excluding hydrogens is 376 g/mol. The fourth-order valence-corrected chi connectivity index (χ4v) is 4.10. The Kier molecular flexibility index (Phi) is 8.18. The van der Waals surface area contributed by atoms with Crippen LogP contribution in [0.3, 0.4) is 0 Å². The highest BCUT2D eigenvalue weighted by Crippen LogP contribution is 2.20. The zero-order chi connectivity index (χ0) is 18.2. The molecule has 2 heterocycles. The molecule has 1 atom stereocenters. The molecule has 1 saturated heterocycles. The van der Waals surface area contributed by atoms with E-state index in [1.165, 1.54) is 11.8 Å². The van der Waals surface area contributed by atoms with Crippen LogP contribution in [0.4, 0.5) is 0 Å². The fraction of sp³-hybridized carbons (Fsp3) is 0.588. The predicted molar refractivity (Wildman–Crippen MR) is 107 cm³/mol. The summed E-state index contributed by atoms with van der Waals surface area (Å²) in [5.41, 5.74) is 0. The fourth-order valence-electron chi connectivity index (χ4n) is 2.42. The summed E-state index contributed by atoms with van der Waals surface area (Å²) in [6.07, 6.45) is 1.46. The van der Waals surface area contributed by atoms with Gasteiger partial charge in [0.25, 0.3) is 5.91 Å². The molecule has 0 saturated carbocycles. The lowest BCUT2D eigenvalue weighted by atomic mass is 10.00. The molecule has 1 unspecified atom stereocenters. The lowest BCUT2D eigenvalue weighted by Gasteiger charge is -2.31. The van der Waals surface area contributed by atoms with Crippen molar-refractivity contribution in [2.75, 3.05) is 18.8 Å². The lowest BCUT2D eigenvalue weighted by molar-refractivity contribution is -0.152. The Morgan fingerprint density at radius 3 is 2.84 bits per heavy atom. The van der Waals surface area contributed by atoms with Gasteiger partial charge < -0.3 is 15.0 Å². The molecular formula is C17H24N2O3S3. The molecule has 1 aliphatic heterocycles. The molecule has 0 aliphatic carbocycles. The average molecular weight is 401 g/mol. The third-order valence-corrected chi connectivity index (χ3v) is 6.42. The number of nitrogens with zero attached hydrogens (tertiary/aromatic N) is 1. The Balaban J connectivity index is 1.64. The topological polar surface area (TPSA) is 58.6 Å². The van der Waals surface area contributed by atoms with Crippen molar-refractivity contribution in [3.63, 3.8) is 0 Å². The number of carbonyl (C=O) groups excluding carboxylic acids is 2. The van der Waals surface area contributed by atoms with Gasteiger partial charge in [-0.15, -0.1) is 11.3 Å². The van der Waals surface area contributed by atoms with Crippen molar-refractivity contribution in [3.05, 3.63) is 22.4 Å². The Bertz CT molecular complexity index is 584. The van der Waals surface area contributed by atoms with Crippen molar-refractivity contribution in [2.45, 2.75) is 39.3 Å². The predicted octanol–water partition coefficient (Wildman–Crippen LogP) is 3.05. The molecule has 138 valence electrons. The molecule has 1 aliphatic rings. The number of thioether (sulfide) groups is 1. The van der Waals surface area contributed by atoms with Gasteiger partial charge in [-0.25, -0.2) is 0 Å². The zero-order valence-electron chi connectivity index (χ0n) is 14.5. The normalized spacial score (nSPS) is 16.3. The minimum absolute atomic E-state index is 0.132. The van der Waals surface area contributed by atoms with Gasteiger partial charge >= 0.3 is 5.97 Å². The van der Waals surface area contributed by atoms with Crippen LogP contribution in [0, 0.1) is 5.92 Å². The summed E-state index contributed by atoms with van der Waals surface area (Å²) in [4.78, 5) is 27.1. The highest BCUT2D eigenvalue weighted by Gasteiger charge is 2.21. The highest BCUT2D eigenvalue weighted by molar-refractivity contribution is 8.23. The van der Waals surface area contributed by atoms with Crippen LogP contribution in [0.2, 0.25) is 0 Å². The highest BCUT2D eigenvalue weighted by atomic mass is 32.2. The van der Waals surface area contributed by atoms with Crippen molar-refractivity contribution < 1.29 is 14.3 Å². The molecule has 1 aromatic heterocycles. The van der Waals surface area contributed by atoms with Crippen molar-refractivity contribution in [3.8, 4) is 0 Å². The number of esters is 1. The molecule has 1 N–H and O–H groups in total. The smallest absolute Gasteiger partial charge is 0.317 e. The molecule has 0 radical (unpaired) electrons. The number of likely N-dealkylation sites (tertiary alicyclic amines) is 1. The van der Waals surface area contributed by atoms with Gasteiger partial charge in [0.05, 0.1) is 12.3 Å². The van der Waals surface area contributed by atoms with Crippen LogP contribution in [0.5, 0.6) is 0 Å². The minimum atomic E-state index is -0.808. The van der Waals surface area contributed by atoms with Crippen LogP contribution in [0.15, 0.2) is 17.5 Å². The molecule has 25 heavy (non-hydrogen) atoms. The summed E-state index contributed by atoms with van der Waals surface area (Å²) in [5, 5.41) is 4.72. The van der Waals surface area contributed by atoms with Crippen LogP contribution in [-0.2, 0) is 20.9 Å². The number of nitrogens with one attached hydrogen (secondary N) is 1. The van der Waals surface area contributed by atoms with E-state index in [-0.39, 0.29) is 11.7 Å². The van der Waals surface area contributed by atoms with Crippen LogP contribution >= 0.6 is 35.3 Å². The van der Waals surface area contributed by atoms with E-state index in [0.29, 0.717) is 6.54 Å². The second-order valence-corrected chi connectivity index (χ2v) is 8.79. The average Bonchev–Trinajstić information content (AvgIpc) is 3.11. The van der Waals surface area contributed by atoms with E-state index < -0.39 is 12.1 Å². The lowest BCUT2D eigenvalue weighted by Crippen LogP contribution is -2.37. The van der Waals surface area contributed by atoms with Gasteiger partial charge in [-0.05, 0) is 37.1 Å². The minimum Gasteiger partial charge on any atom is -0.452 e. The van der Waals surface area contributed by atoms with Gasteiger partial charge in [0, 0.05) is 18.0 Å². The maximum atomic E-state index is 12.0. The van der Waals surface area contributed by atoms with Gasteiger partial charge in [-0.1, -0.05) is 37.0 Å². The summed E-state index contributed by atoms with van der Waals surface area (Å²) < 4.78 is 5.93. The quantitative estimate of drug-likeness (QED) is 0.585. The first-order chi connectivity index (χ1) is 12.0. The van der Waals surface area contributed by atoms with Crippen LogP contribution in [0.25, 0.3) is 0 Å². The Morgan fingerprint density at radius 1 is 1.48 bits per heavy atom. The Hall–Kier alpha value is -1.12. The van der Waals surface area contributed by atoms with Gasteiger partial charge in [0.15, 0.2) is 6.10 Å². The standard InChI is InChI=1S/C17H24N2O3S3/c1-12-5-7-19(8-6-12)17(23)25-11-15(20)22-13(2)16(21)18-10-14-4-3-9-24-14/h3-4,9,12-13H,5-8,10-11H2,1-2H3,(H,18,21). The number of thiophene rings is 1. The number of hydrogen-bond acceptors (Lipinski definition) is 6. The van der Waals surface area contributed by atoms with Crippen LogP contribution < -0.4 is 5.32 Å². The number of hydrogen-bond donors (Lipinski definition) is 1. The second-order valence-electron chi connectivity index (χ2n) is 6.15. The van der Waals surface area contributed by atoms with E-state index in [2.05, 4.69) is 17.1 Å². The molecule has 5 nitrogen and oxygen atoms in total. The Morgan fingerprint density at radius 2 is 2.20 bits per heavy atom. The summed E-state index contributed by atoms with van der Waals surface area (Å²) in [6.45, 7) is 6.17. The number of piperidine rings is 1. The Labute approximate surface area is 162 Å². The van der Waals surface area contributed by atoms with E-state index in [9.17, 15) is 9.59 Å². The molecule has 2 rings (SSSR count). The molecule has 8 heteroatoms. The number of thiocarbonyl (C=S) groups is 1. The van der Waals surface area contributed by atoms with Crippen LogP contribution in [-0.4, -0.2) is 46.0 Å². The van der Waals surface area contributed by atoms with E-state index >= 15 is 0 Å². The number of carbonyl (C=O) groups is 2. The van der Waals surface area contributed by atoms with Crippen molar-refractivity contribution in [2.24, 2.45) is 5.92 Å². The van der Waals surface area contributed by atoms with Crippen molar-refractivity contribution >= 4 is 51.5 Å². The van der Waals surface area contributed by atoms with E-state index in [1.54, 1.807) is 18.3 Å². The number of ether oxygens (including phenoxy) is 1. The first-order valence-corrected chi connectivity index (χ1v) is 10.6. The molecule has 0 bridgehead atoms. The molecule has 0 spiro atoms. The maximum Gasteiger partial charge on any atom is 0.317 e. The van der Waals surface area contributed by atoms with Gasteiger partial charge in [0.1, 0.15) is 4.32 Å². The summed E-state index contributed by atoms with van der Waals surface area (Å²) in [7, 11) is 0. The van der Waals surface area contributed by atoms with Gasteiger partial charge in [-0.2, -0.15) is 0 Å². The van der Waals surface area contributed by atoms with Gasteiger partial charge in [-0.3, -0.25) is 9.59 Å². The van der Waals surface area contributed by atoms with E-state index in [1.807, 2.05) is 17.5 Å². The summed E-state index contributed by atoms with van der Waals surface area (Å²) >= 11 is 8.27. The second kappa shape index (κ2) is 10.1.